The van der Waals surface area contributed by atoms with Crippen molar-refractivity contribution in [1.82, 2.24) is 9.78 Å². The predicted octanol–water partition coefficient (Wildman–Crippen LogP) is 0.445. The van der Waals surface area contributed by atoms with Crippen LogP contribution in [0.2, 0.25) is 0 Å². The lowest BCUT2D eigenvalue weighted by molar-refractivity contribution is 0.181. The molecule has 0 spiro atoms. The number of aromatic nitrogens is 2. The molecule has 0 radical (unpaired) electrons. The third-order valence-corrected chi connectivity index (χ3v) is 2.93. The van der Waals surface area contributed by atoms with E-state index in [2.05, 4.69) is 26.3 Å². The maximum Gasteiger partial charge on any atom is 0.283 e. The number of hydrogen-bond acceptors (Lipinski definition) is 5. The van der Waals surface area contributed by atoms with Crippen LogP contribution < -0.4 is 10.9 Å². The highest BCUT2D eigenvalue weighted by Gasteiger charge is 2.10. The van der Waals surface area contributed by atoms with Crippen molar-refractivity contribution in [1.29, 1.82) is 0 Å². The van der Waals surface area contributed by atoms with Crippen molar-refractivity contribution in [3.63, 3.8) is 0 Å². The van der Waals surface area contributed by atoms with Gasteiger partial charge in [-0.15, -0.1) is 0 Å². The molecule has 0 aliphatic rings. The van der Waals surface area contributed by atoms with Gasteiger partial charge in [-0.1, -0.05) is 0 Å². The Kier molecular flexibility index (Phi) is 5.60. The normalized spacial score (nSPS) is 12.5. The molecular weight excluding hydrogens is 290 g/mol. The minimum Gasteiger partial charge on any atom is -0.394 e. The van der Waals surface area contributed by atoms with E-state index in [9.17, 15) is 4.79 Å². The van der Waals surface area contributed by atoms with Gasteiger partial charge in [0.1, 0.15) is 4.47 Å². The van der Waals surface area contributed by atoms with Gasteiger partial charge in [0.05, 0.1) is 31.6 Å². The zero-order chi connectivity index (χ0) is 12.8. The van der Waals surface area contributed by atoms with Crippen LogP contribution in [0.5, 0.6) is 0 Å². The number of aliphatic hydroxyl groups is 1. The molecule has 0 aromatic carbocycles. The van der Waals surface area contributed by atoms with E-state index in [1.165, 1.54) is 4.68 Å². The standard InChI is InChI=1S/C10H16BrN3O3/c1-7(6-15)13-8-5-12-14(3-4-17-2)10(16)9(8)11/h5,7,13,15H,3-4,6H2,1-2H3. The second kappa shape index (κ2) is 6.73. The molecule has 6 nitrogen and oxygen atoms in total. The lowest BCUT2D eigenvalue weighted by Crippen LogP contribution is -2.28. The Labute approximate surface area is 108 Å². The number of hydrogen-bond donors (Lipinski definition) is 2. The van der Waals surface area contributed by atoms with Gasteiger partial charge in [0.2, 0.25) is 0 Å². The van der Waals surface area contributed by atoms with Crippen molar-refractivity contribution in [2.75, 3.05) is 25.6 Å². The first-order valence-corrected chi connectivity index (χ1v) is 6.01. The molecule has 0 saturated heterocycles. The maximum absolute atomic E-state index is 11.9. The van der Waals surface area contributed by atoms with Gasteiger partial charge in [-0.2, -0.15) is 5.10 Å². The van der Waals surface area contributed by atoms with Crippen molar-refractivity contribution in [2.24, 2.45) is 0 Å². The highest BCUT2D eigenvalue weighted by molar-refractivity contribution is 9.10. The molecule has 0 amide bonds. The molecule has 0 bridgehead atoms. The number of nitrogens with one attached hydrogen (secondary N) is 1. The molecule has 1 aromatic rings. The first-order valence-electron chi connectivity index (χ1n) is 5.22. The van der Waals surface area contributed by atoms with Crippen molar-refractivity contribution in [3.8, 4) is 0 Å². The van der Waals surface area contributed by atoms with E-state index in [1.807, 2.05) is 6.92 Å². The molecule has 0 fully saturated rings. The van der Waals surface area contributed by atoms with Gasteiger partial charge in [0, 0.05) is 13.2 Å². The summed E-state index contributed by atoms with van der Waals surface area (Å²) in [6.07, 6.45) is 1.55. The molecular formula is C10H16BrN3O3. The van der Waals surface area contributed by atoms with Gasteiger partial charge in [-0.3, -0.25) is 4.79 Å². The molecule has 7 heteroatoms. The fraction of sp³-hybridized carbons (Fsp3) is 0.600. The first-order chi connectivity index (χ1) is 8.10. The molecule has 96 valence electrons. The van der Waals surface area contributed by atoms with Gasteiger partial charge in [-0.05, 0) is 22.9 Å². The summed E-state index contributed by atoms with van der Waals surface area (Å²) in [5.41, 5.74) is 0.349. The van der Waals surface area contributed by atoms with E-state index in [0.717, 1.165) is 0 Å². The topological polar surface area (TPSA) is 76.4 Å². The average molecular weight is 306 g/mol. The zero-order valence-corrected chi connectivity index (χ0v) is 11.4. The van der Waals surface area contributed by atoms with Crippen LogP contribution in [0.1, 0.15) is 6.92 Å². The Morgan fingerprint density at radius 2 is 2.41 bits per heavy atom. The summed E-state index contributed by atoms with van der Waals surface area (Å²) in [5.74, 6) is 0. The SMILES string of the molecule is COCCn1ncc(NC(C)CO)c(Br)c1=O. The highest BCUT2D eigenvalue weighted by atomic mass is 79.9. The van der Waals surface area contributed by atoms with Crippen LogP contribution in [0.15, 0.2) is 15.5 Å². The lowest BCUT2D eigenvalue weighted by Gasteiger charge is -2.14. The van der Waals surface area contributed by atoms with Crippen molar-refractivity contribution >= 4 is 21.6 Å². The highest BCUT2D eigenvalue weighted by Crippen LogP contribution is 2.16. The van der Waals surface area contributed by atoms with Gasteiger partial charge in [-0.25, -0.2) is 4.68 Å². The molecule has 1 unspecified atom stereocenters. The zero-order valence-electron chi connectivity index (χ0n) is 9.81. The Morgan fingerprint density at radius 3 is 3.00 bits per heavy atom. The summed E-state index contributed by atoms with van der Waals surface area (Å²) in [6.45, 7) is 2.63. The van der Waals surface area contributed by atoms with Gasteiger partial charge < -0.3 is 15.2 Å². The average Bonchev–Trinajstić information content (AvgIpc) is 2.34. The van der Waals surface area contributed by atoms with Crippen LogP contribution in [0.3, 0.4) is 0 Å². The van der Waals surface area contributed by atoms with Crippen LogP contribution >= 0.6 is 15.9 Å². The predicted molar refractivity (Wildman–Crippen MR) is 68.2 cm³/mol. The second-order valence-electron chi connectivity index (χ2n) is 3.62. The Hall–Kier alpha value is -0.920. The number of methoxy groups -OCH3 is 1. The molecule has 1 heterocycles. The molecule has 1 aromatic heterocycles. The van der Waals surface area contributed by atoms with Crippen LogP contribution in [0.25, 0.3) is 0 Å². The fourth-order valence-electron chi connectivity index (χ4n) is 1.21. The van der Waals surface area contributed by atoms with Crippen LogP contribution in [0.4, 0.5) is 5.69 Å². The van der Waals surface area contributed by atoms with Crippen molar-refractivity contribution in [2.45, 2.75) is 19.5 Å². The molecule has 0 aliphatic carbocycles. The number of anilines is 1. The summed E-state index contributed by atoms with van der Waals surface area (Å²) >= 11 is 3.22. The fourth-order valence-corrected chi connectivity index (χ4v) is 1.64. The summed E-state index contributed by atoms with van der Waals surface area (Å²) in [6, 6.07) is -0.137. The third kappa shape index (κ3) is 3.79. The van der Waals surface area contributed by atoms with E-state index >= 15 is 0 Å². The molecule has 0 saturated carbocycles. The van der Waals surface area contributed by atoms with E-state index in [-0.39, 0.29) is 18.2 Å². The summed E-state index contributed by atoms with van der Waals surface area (Å²) < 4.78 is 6.62. The van der Waals surface area contributed by atoms with Crippen molar-refractivity contribution in [3.05, 3.63) is 21.0 Å². The third-order valence-electron chi connectivity index (χ3n) is 2.17. The Balaban J connectivity index is 2.90. The van der Waals surface area contributed by atoms with Gasteiger partial charge in [0.15, 0.2) is 0 Å². The molecule has 1 atom stereocenters. The Morgan fingerprint density at radius 1 is 1.71 bits per heavy atom. The van der Waals surface area contributed by atoms with Crippen LogP contribution in [-0.4, -0.2) is 41.3 Å². The molecule has 17 heavy (non-hydrogen) atoms. The van der Waals surface area contributed by atoms with E-state index in [0.29, 0.717) is 23.3 Å². The largest absolute Gasteiger partial charge is 0.394 e. The Bertz CT molecular complexity index is 422. The maximum atomic E-state index is 11.9. The first kappa shape index (κ1) is 14.1. The van der Waals surface area contributed by atoms with E-state index < -0.39 is 0 Å². The van der Waals surface area contributed by atoms with Gasteiger partial charge >= 0.3 is 0 Å². The minimum absolute atomic E-state index is 0.0147. The summed E-state index contributed by atoms with van der Waals surface area (Å²) in [5, 5.41) is 15.9. The number of ether oxygens (including phenoxy) is 1. The van der Waals surface area contributed by atoms with Gasteiger partial charge in [0.25, 0.3) is 5.56 Å². The second-order valence-corrected chi connectivity index (χ2v) is 4.41. The van der Waals surface area contributed by atoms with E-state index in [4.69, 9.17) is 9.84 Å². The summed E-state index contributed by atoms with van der Waals surface area (Å²) in [7, 11) is 1.57. The smallest absolute Gasteiger partial charge is 0.283 e. The van der Waals surface area contributed by atoms with Crippen molar-refractivity contribution < 1.29 is 9.84 Å². The molecule has 2 N–H and O–H groups in total. The quantitative estimate of drug-likeness (QED) is 0.798. The summed E-state index contributed by atoms with van der Waals surface area (Å²) in [4.78, 5) is 11.9. The van der Waals surface area contributed by atoms with Crippen LogP contribution in [0, 0.1) is 0 Å². The number of nitrogens with zero attached hydrogens (tertiary/aromatic N) is 2. The number of rotatable bonds is 6. The number of halogens is 1. The molecule has 1 rings (SSSR count). The van der Waals surface area contributed by atoms with E-state index in [1.54, 1.807) is 13.3 Å². The monoisotopic (exact) mass is 305 g/mol. The minimum atomic E-state index is -0.225. The lowest BCUT2D eigenvalue weighted by atomic mass is 10.3. The van der Waals surface area contributed by atoms with Crippen LogP contribution in [-0.2, 0) is 11.3 Å². The molecule has 0 aliphatic heterocycles. The number of aliphatic hydroxyl groups excluding tert-OH is 1.